The summed E-state index contributed by atoms with van der Waals surface area (Å²) >= 11 is 6.78. The Bertz CT molecular complexity index is 525. The van der Waals surface area contributed by atoms with Crippen LogP contribution >= 0.6 is 23.6 Å². The smallest absolute Gasteiger partial charge is 0.161 e. The minimum atomic E-state index is 0.350. The molecule has 4 nitrogen and oxygen atoms in total. The van der Waals surface area contributed by atoms with Gasteiger partial charge in [-0.1, -0.05) is 18.3 Å². The van der Waals surface area contributed by atoms with Gasteiger partial charge in [0.25, 0.3) is 0 Å². The first kappa shape index (κ1) is 12.9. The second kappa shape index (κ2) is 5.88. The Morgan fingerprint density at radius 2 is 2.33 bits per heavy atom. The average molecular weight is 278 g/mol. The van der Waals surface area contributed by atoms with Crippen molar-refractivity contribution in [3.8, 4) is 0 Å². The number of thiophene rings is 1. The Morgan fingerprint density at radius 1 is 1.50 bits per heavy atom. The van der Waals surface area contributed by atoms with Gasteiger partial charge in [0.1, 0.15) is 4.99 Å². The molecule has 0 unspecified atom stereocenters. The Balaban J connectivity index is 2.09. The van der Waals surface area contributed by atoms with E-state index in [2.05, 4.69) is 27.7 Å². The number of likely N-dealkylation sites (N-methyl/N-ethyl adjacent to an activating group) is 1. The highest BCUT2D eigenvalue weighted by Crippen LogP contribution is 2.16. The summed E-state index contributed by atoms with van der Waals surface area (Å²) < 4.78 is 0. The zero-order chi connectivity index (χ0) is 13.0. The van der Waals surface area contributed by atoms with E-state index in [0.717, 1.165) is 24.3 Å². The summed E-state index contributed by atoms with van der Waals surface area (Å²) in [5, 5.41) is 10.1. The molecule has 0 fully saturated rings. The molecule has 2 aromatic heterocycles. The van der Waals surface area contributed by atoms with Gasteiger partial charge in [-0.3, -0.25) is 0 Å². The number of hydrogen-bond donors (Lipinski definition) is 1. The summed E-state index contributed by atoms with van der Waals surface area (Å²) in [6, 6.07) is 5.98. The quantitative estimate of drug-likeness (QED) is 0.846. The van der Waals surface area contributed by atoms with E-state index >= 15 is 0 Å². The van der Waals surface area contributed by atoms with Gasteiger partial charge >= 0.3 is 0 Å². The molecular weight excluding hydrogens is 264 g/mol. The van der Waals surface area contributed by atoms with Gasteiger partial charge in [0.15, 0.2) is 5.82 Å². The van der Waals surface area contributed by atoms with Crippen molar-refractivity contribution in [1.29, 1.82) is 0 Å². The zero-order valence-electron chi connectivity index (χ0n) is 10.0. The molecule has 2 N–H and O–H groups in total. The highest BCUT2D eigenvalue weighted by atomic mass is 32.1. The number of thiocarbonyl (C=S) groups is 1. The van der Waals surface area contributed by atoms with Gasteiger partial charge in [0.2, 0.25) is 0 Å². The largest absolute Gasteiger partial charge is 0.389 e. The van der Waals surface area contributed by atoms with E-state index in [1.165, 1.54) is 4.88 Å². The van der Waals surface area contributed by atoms with Crippen molar-refractivity contribution in [2.75, 3.05) is 18.5 Å². The first-order valence-electron chi connectivity index (χ1n) is 5.53. The predicted octanol–water partition coefficient (Wildman–Crippen LogP) is 1.85. The highest BCUT2D eigenvalue weighted by Gasteiger charge is 2.11. The second-order valence-electron chi connectivity index (χ2n) is 3.88. The van der Waals surface area contributed by atoms with Crippen LogP contribution in [0.5, 0.6) is 0 Å². The van der Waals surface area contributed by atoms with Crippen LogP contribution < -0.4 is 10.6 Å². The Labute approximate surface area is 115 Å². The van der Waals surface area contributed by atoms with E-state index < -0.39 is 0 Å². The number of hydrogen-bond acceptors (Lipinski definition) is 5. The molecule has 18 heavy (non-hydrogen) atoms. The Morgan fingerprint density at radius 3 is 3.00 bits per heavy atom. The van der Waals surface area contributed by atoms with Gasteiger partial charge in [-0.2, -0.15) is 5.10 Å². The molecule has 94 valence electrons. The molecule has 0 spiro atoms. The Kier molecular flexibility index (Phi) is 4.22. The molecule has 0 saturated carbocycles. The highest BCUT2D eigenvalue weighted by molar-refractivity contribution is 7.80. The van der Waals surface area contributed by atoms with Crippen molar-refractivity contribution in [1.82, 2.24) is 10.2 Å². The molecule has 2 heterocycles. The summed E-state index contributed by atoms with van der Waals surface area (Å²) in [7, 11) is 1.97. The second-order valence-corrected chi connectivity index (χ2v) is 5.36. The lowest BCUT2D eigenvalue weighted by Crippen LogP contribution is -2.25. The predicted molar refractivity (Wildman–Crippen MR) is 79.2 cm³/mol. The molecule has 0 bridgehead atoms. The van der Waals surface area contributed by atoms with Crippen LogP contribution in [-0.2, 0) is 6.42 Å². The van der Waals surface area contributed by atoms with Crippen molar-refractivity contribution >= 4 is 34.4 Å². The van der Waals surface area contributed by atoms with Crippen LogP contribution in [0.15, 0.2) is 29.8 Å². The molecule has 0 aromatic carbocycles. The van der Waals surface area contributed by atoms with Gasteiger partial charge in [-0.05, 0) is 23.9 Å². The third kappa shape index (κ3) is 3.02. The maximum absolute atomic E-state index is 5.68. The number of anilines is 1. The first-order valence-corrected chi connectivity index (χ1v) is 6.82. The van der Waals surface area contributed by atoms with Crippen LogP contribution in [0.4, 0.5) is 5.82 Å². The molecule has 0 atom stereocenters. The number of aromatic nitrogens is 2. The van der Waals surface area contributed by atoms with Crippen LogP contribution in [-0.4, -0.2) is 28.8 Å². The van der Waals surface area contributed by atoms with E-state index in [0.29, 0.717) is 4.99 Å². The normalized spacial score (nSPS) is 10.3. The molecule has 0 aliphatic rings. The van der Waals surface area contributed by atoms with Crippen molar-refractivity contribution in [3.05, 3.63) is 40.2 Å². The van der Waals surface area contributed by atoms with Crippen LogP contribution in [0.25, 0.3) is 0 Å². The molecule has 2 aromatic rings. The third-order valence-electron chi connectivity index (χ3n) is 2.60. The van der Waals surface area contributed by atoms with Crippen molar-refractivity contribution in [3.63, 3.8) is 0 Å². The molecule has 0 amide bonds. The molecule has 6 heteroatoms. The van der Waals surface area contributed by atoms with E-state index in [4.69, 9.17) is 18.0 Å². The number of nitrogens with two attached hydrogens (primary N) is 1. The van der Waals surface area contributed by atoms with Gasteiger partial charge in [0.05, 0.1) is 11.8 Å². The summed E-state index contributed by atoms with van der Waals surface area (Å²) in [5.41, 5.74) is 6.45. The minimum Gasteiger partial charge on any atom is -0.389 e. The minimum absolute atomic E-state index is 0.350. The fourth-order valence-corrected chi connectivity index (χ4v) is 2.49. The monoisotopic (exact) mass is 278 g/mol. The molecule has 0 aliphatic heterocycles. The van der Waals surface area contributed by atoms with Crippen LogP contribution in [0.1, 0.15) is 10.4 Å². The van der Waals surface area contributed by atoms with Gasteiger partial charge in [0, 0.05) is 18.5 Å². The van der Waals surface area contributed by atoms with Crippen LogP contribution in [0.3, 0.4) is 0 Å². The first-order chi connectivity index (χ1) is 8.68. The van der Waals surface area contributed by atoms with E-state index in [9.17, 15) is 0 Å². The van der Waals surface area contributed by atoms with E-state index in [1.54, 1.807) is 23.6 Å². The number of nitrogens with zero attached hydrogens (tertiary/aromatic N) is 3. The van der Waals surface area contributed by atoms with Gasteiger partial charge in [-0.25, -0.2) is 0 Å². The SMILES string of the molecule is CN(CCc1cccs1)c1nnccc1C(N)=S. The molecular formula is C12H14N4S2. The van der Waals surface area contributed by atoms with E-state index in [-0.39, 0.29) is 0 Å². The standard InChI is InChI=1S/C12H14N4S2/c1-16(7-5-9-3-2-8-18-9)12-10(11(13)17)4-6-14-15-12/h2-4,6,8H,5,7H2,1H3,(H2,13,17). The summed E-state index contributed by atoms with van der Waals surface area (Å²) in [4.78, 5) is 3.73. The lowest BCUT2D eigenvalue weighted by molar-refractivity contribution is 0.845. The summed E-state index contributed by atoms with van der Waals surface area (Å²) in [5.74, 6) is 0.738. The van der Waals surface area contributed by atoms with Crippen LogP contribution in [0, 0.1) is 0 Å². The molecule has 2 rings (SSSR count). The van der Waals surface area contributed by atoms with Crippen molar-refractivity contribution in [2.24, 2.45) is 5.73 Å². The zero-order valence-corrected chi connectivity index (χ0v) is 11.7. The lowest BCUT2D eigenvalue weighted by Gasteiger charge is -2.19. The van der Waals surface area contributed by atoms with Crippen molar-refractivity contribution in [2.45, 2.75) is 6.42 Å². The number of rotatable bonds is 5. The maximum atomic E-state index is 5.68. The lowest BCUT2D eigenvalue weighted by atomic mass is 10.2. The summed E-state index contributed by atoms with van der Waals surface area (Å²) in [6.45, 7) is 0.856. The molecule has 0 saturated heterocycles. The van der Waals surface area contributed by atoms with Crippen LogP contribution in [0.2, 0.25) is 0 Å². The summed E-state index contributed by atoms with van der Waals surface area (Å²) in [6.07, 6.45) is 2.58. The average Bonchev–Trinajstić information content (AvgIpc) is 2.89. The molecule has 0 aliphatic carbocycles. The van der Waals surface area contributed by atoms with Crippen molar-refractivity contribution < 1.29 is 0 Å². The van der Waals surface area contributed by atoms with Gasteiger partial charge in [-0.15, -0.1) is 16.4 Å². The van der Waals surface area contributed by atoms with E-state index in [1.807, 2.05) is 11.9 Å². The fraction of sp³-hybridized carbons (Fsp3) is 0.250. The Hall–Kier alpha value is -1.53. The van der Waals surface area contributed by atoms with Gasteiger partial charge < -0.3 is 10.6 Å². The maximum Gasteiger partial charge on any atom is 0.161 e. The topological polar surface area (TPSA) is 55.0 Å². The molecule has 0 radical (unpaired) electrons. The fourth-order valence-electron chi connectivity index (χ4n) is 1.64. The third-order valence-corrected chi connectivity index (χ3v) is 3.76.